The fraction of sp³-hybridized carbons (Fsp3) is 0.571. The van der Waals surface area contributed by atoms with Gasteiger partial charge in [0.2, 0.25) is 0 Å². The number of rotatable bonds is 5. The second-order valence-electron chi connectivity index (χ2n) is 5.04. The molecule has 0 aliphatic heterocycles. The van der Waals surface area contributed by atoms with Gasteiger partial charge in [0.1, 0.15) is 0 Å². The quantitative estimate of drug-likeness (QED) is 0.814. The summed E-state index contributed by atoms with van der Waals surface area (Å²) >= 11 is 1.78. The summed E-state index contributed by atoms with van der Waals surface area (Å²) < 4.78 is 0. The minimum absolute atomic E-state index is 0.0331. The first-order valence-corrected chi connectivity index (χ1v) is 7.39. The molecule has 1 aromatic carbocycles. The lowest BCUT2D eigenvalue weighted by Crippen LogP contribution is -2.36. The SMILES string of the molecule is CSc1ccc(CN(C)CC2CC(O)C2)cc1. The highest BCUT2D eigenvalue weighted by Crippen LogP contribution is 2.28. The minimum atomic E-state index is -0.0331. The molecular formula is C14H21NOS. The molecular weight excluding hydrogens is 230 g/mol. The highest BCUT2D eigenvalue weighted by Gasteiger charge is 2.27. The van der Waals surface area contributed by atoms with Crippen molar-refractivity contribution in [2.24, 2.45) is 5.92 Å². The van der Waals surface area contributed by atoms with Crippen LogP contribution in [0.15, 0.2) is 29.2 Å². The Labute approximate surface area is 108 Å². The zero-order valence-electron chi connectivity index (χ0n) is 10.6. The second-order valence-corrected chi connectivity index (χ2v) is 5.92. The minimum Gasteiger partial charge on any atom is -0.393 e. The zero-order valence-corrected chi connectivity index (χ0v) is 11.4. The molecule has 0 radical (unpaired) electrons. The fourth-order valence-corrected chi connectivity index (χ4v) is 2.81. The zero-order chi connectivity index (χ0) is 12.3. The lowest BCUT2D eigenvalue weighted by atomic mass is 9.82. The van der Waals surface area contributed by atoms with E-state index in [1.807, 2.05) is 0 Å². The summed E-state index contributed by atoms with van der Waals surface area (Å²) in [6, 6.07) is 8.78. The Morgan fingerprint density at radius 1 is 1.29 bits per heavy atom. The summed E-state index contributed by atoms with van der Waals surface area (Å²) in [7, 11) is 2.16. The smallest absolute Gasteiger partial charge is 0.0546 e. The fourth-order valence-electron chi connectivity index (χ4n) is 2.40. The van der Waals surface area contributed by atoms with Gasteiger partial charge in [-0.25, -0.2) is 0 Å². The number of nitrogens with zero attached hydrogens (tertiary/aromatic N) is 1. The lowest BCUT2D eigenvalue weighted by Gasteiger charge is -2.34. The third-order valence-corrected chi connectivity index (χ3v) is 4.14. The summed E-state index contributed by atoms with van der Waals surface area (Å²) in [5.41, 5.74) is 1.37. The van der Waals surface area contributed by atoms with Crippen LogP contribution in [0.1, 0.15) is 18.4 Å². The number of aliphatic hydroxyl groups is 1. The lowest BCUT2D eigenvalue weighted by molar-refractivity contribution is 0.0274. The predicted octanol–water partition coefficient (Wildman–Crippen LogP) is 2.61. The normalized spacial score (nSPS) is 23.8. The first kappa shape index (κ1) is 12.9. The number of aliphatic hydroxyl groups excluding tert-OH is 1. The van der Waals surface area contributed by atoms with Crippen LogP contribution < -0.4 is 0 Å². The predicted molar refractivity (Wildman–Crippen MR) is 73.3 cm³/mol. The van der Waals surface area contributed by atoms with Gasteiger partial charge in [-0.3, -0.25) is 0 Å². The molecule has 17 heavy (non-hydrogen) atoms. The molecule has 1 N–H and O–H groups in total. The van der Waals surface area contributed by atoms with Gasteiger partial charge in [-0.2, -0.15) is 0 Å². The average molecular weight is 251 g/mol. The Bertz CT molecular complexity index is 346. The van der Waals surface area contributed by atoms with Crippen LogP contribution in [0.2, 0.25) is 0 Å². The van der Waals surface area contributed by atoms with Crippen LogP contribution in [0.5, 0.6) is 0 Å². The van der Waals surface area contributed by atoms with E-state index >= 15 is 0 Å². The van der Waals surface area contributed by atoms with Gasteiger partial charge in [-0.15, -0.1) is 11.8 Å². The molecule has 0 heterocycles. The van der Waals surface area contributed by atoms with Gasteiger partial charge in [0.25, 0.3) is 0 Å². The molecule has 1 aliphatic rings. The van der Waals surface area contributed by atoms with Crippen molar-refractivity contribution in [1.29, 1.82) is 0 Å². The van der Waals surface area contributed by atoms with E-state index in [1.165, 1.54) is 10.5 Å². The van der Waals surface area contributed by atoms with Crippen LogP contribution in [0, 0.1) is 5.92 Å². The number of benzene rings is 1. The van der Waals surface area contributed by atoms with Gasteiger partial charge in [-0.1, -0.05) is 12.1 Å². The molecule has 1 saturated carbocycles. The molecule has 1 fully saturated rings. The Hall–Kier alpha value is -0.510. The van der Waals surface area contributed by atoms with Crippen molar-refractivity contribution < 1.29 is 5.11 Å². The van der Waals surface area contributed by atoms with Gasteiger partial charge >= 0.3 is 0 Å². The molecule has 0 bridgehead atoms. The van der Waals surface area contributed by atoms with E-state index in [-0.39, 0.29) is 6.10 Å². The molecule has 1 aliphatic carbocycles. The Kier molecular flexibility index (Phi) is 4.48. The van der Waals surface area contributed by atoms with Crippen LogP contribution in [-0.4, -0.2) is 36.0 Å². The topological polar surface area (TPSA) is 23.5 Å². The van der Waals surface area contributed by atoms with Crippen molar-refractivity contribution in [3.8, 4) is 0 Å². The van der Waals surface area contributed by atoms with Gasteiger partial charge in [0, 0.05) is 18.0 Å². The van der Waals surface area contributed by atoms with E-state index in [4.69, 9.17) is 0 Å². The van der Waals surface area contributed by atoms with Crippen LogP contribution >= 0.6 is 11.8 Å². The molecule has 0 aromatic heterocycles. The largest absolute Gasteiger partial charge is 0.393 e. The molecule has 0 atom stereocenters. The van der Waals surface area contributed by atoms with E-state index in [2.05, 4.69) is 42.5 Å². The monoisotopic (exact) mass is 251 g/mol. The molecule has 0 spiro atoms. The van der Waals surface area contributed by atoms with Gasteiger partial charge in [0.15, 0.2) is 0 Å². The highest BCUT2D eigenvalue weighted by molar-refractivity contribution is 7.98. The number of thioether (sulfide) groups is 1. The van der Waals surface area contributed by atoms with Crippen molar-refractivity contribution in [2.45, 2.75) is 30.4 Å². The van der Waals surface area contributed by atoms with Gasteiger partial charge in [0.05, 0.1) is 6.10 Å². The maximum atomic E-state index is 9.26. The van der Waals surface area contributed by atoms with Crippen LogP contribution in [0.25, 0.3) is 0 Å². The van der Waals surface area contributed by atoms with Crippen molar-refractivity contribution >= 4 is 11.8 Å². The highest BCUT2D eigenvalue weighted by atomic mass is 32.2. The number of hydrogen-bond acceptors (Lipinski definition) is 3. The maximum Gasteiger partial charge on any atom is 0.0546 e. The van der Waals surface area contributed by atoms with Crippen LogP contribution in [0.3, 0.4) is 0 Å². The maximum absolute atomic E-state index is 9.26. The van der Waals surface area contributed by atoms with Crippen molar-refractivity contribution in [2.75, 3.05) is 19.8 Å². The average Bonchev–Trinajstić information content (AvgIpc) is 2.28. The summed E-state index contributed by atoms with van der Waals surface area (Å²) in [6.45, 7) is 2.10. The molecule has 1 aromatic rings. The van der Waals surface area contributed by atoms with Crippen molar-refractivity contribution in [3.05, 3.63) is 29.8 Å². The van der Waals surface area contributed by atoms with Crippen LogP contribution in [0.4, 0.5) is 0 Å². The van der Waals surface area contributed by atoms with Crippen molar-refractivity contribution in [1.82, 2.24) is 4.90 Å². The standard InChI is InChI=1S/C14H21NOS/c1-15(10-12-7-13(16)8-12)9-11-3-5-14(17-2)6-4-11/h3-6,12-13,16H,7-10H2,1-2H3. The Morgan fingerprint density at radius 2 is 1.94 bits per heavy atom. The van der Waals surface area contributed by atoms with Crippen LogP contribution in [-0.2, 0) is 6.54 Å². The summed E-state index contributed by atoms with van der Waals surface area (Å²) in [6.07, 6.45) is 4.03. The molecule has 3 heteroatoms. The van der Waals surface area contributed by atoms with E-state index in [9.17, 15) is 5.11 Å². The molecule has 0 amide bonds. The summed E-state index contributed by atoms with van der Waals surface area (Å²) in [5.74, 6) is 0.695. The van der Waals surface area contributed by atoms with E-state index in [1.54, 1.807) is 11.8 Å². The third kappa shape index (κ3) is 3.73. The molecule has 0 saturated heterocycles. The summed E-state index contributed by atoms with van der Waals surface area (Å²) in [4.78, 5) is 3.67. The van der Waals surface area contributed by atoms with E-state index < -0.39 is 0 Å². The summed E-state index contributed by atoms with van der Waals surface area (Å²) in [5, 5.41) is 9.26. The van der Waals surface area contributed by atoms with E-state index in [0.29, 0.717) is 5.92 Å². The first-order chi connectivity index (χ1) is 8.17. The third-order valence-electron chi connectivity index (χ3n) is 3.39. The number of hydrogen-bond donors (Lipinski definition) is 1. The van der Waals surface area contributed by atoms with Gasteiger partial charge in [-0.05, 0) is 49.8 Å². The first-order valence-electron chi connectivity index (χ1n) is 6.17. The Morgan fingerprint density at radius 3 is 2.47 bits per heavy atom. The van der Waals surface area contributed by atoms with E-state index in [0.717, 1.165) is 25.9 Å². The van der Waals surface area contributed by atoms with Gasteiger partial charge < -0.3 is 10.0 Å². The molecule has 2 nitrogen and oxygen atoms in total. The molecule has 0 unspecified atom stereocenters. The second kappa shape index (κ2) is 5.89. The Balaban J connectivity index is 1.78. The van der Waals surface area contributed by atoms with Crippen molar-refractivity contribution in [3.63, 3.8) is 0 Å². The molecule has 94 valence electrons. The molecule has 2 rings (SSSR count).